The molecule has 0 heterocycles. The molecule has 0 saturated heterocycles. The molecule has 19 heavy (non-hydrogen) atoms. The number of hydrogen-bond donors (Lipinski definition) is 5. The minimum atomic E-state index is -1.42. The lowest BCUT2D eigenvalue weighted by Gasteiger charge is -2.20. The van der Waals surface area contributed by atoms with Crippen molar-refractivity contribution >= 4 is 12.1 Å². The molecule has 0 rings (SSSR count). The Bertz CT molecular complexity index is 256. The number of carbonyl (C=O) groups is 2. The van der Waals surface area contributed by atoms with E-state index in [0.717, 1.165) is 0 Å². The van der Waals surface area contributed by atoms with Gasteiger partial charge in [-0.15, -0.1) is 0 Å². The van der Waals surface area contributed by atoms with Crippen molar-refractivity contribution in [1.29, 1.82) is 0 Å². The molecule has 0 spiro atoms. The van der Waals surface area contributed by atoms with E-state index in [1.165, 1.54) is 0 Å². The number of hydrogen-bond acceptors (Lipinski definition) is 7. The lowest BCUT2D eigenvalue weighted by Crippen LogP contribution is -2.39. The van der Waals surface area contributed by atoms with Gasteiger partial charge in [0.15, 0.2) is 0 Å². The van der Waals surface area contributed by atoms with E-state index in [1.807, 2.05) is 5.32 Å². The van der Waals surface area contributed by atoms with Gasteiger partial charge in [-0.05, 0) is 6.42 Å². The number of nitrogens with one attached hydrogen (secondary N) is 1. The molecule has 1 amide bonds. The highest BCUT2D eigenvalue weighted by Crippen LogP contribution is 2.07. The minimum Gasteiger partial charge on any atom is -0.481 e. The standard InChI is InChI=1S/C9H17NO9/c11-8(12)3-7(10-9(13)14)17-4-6(5-19-16)1-2-18-15/h6-7,10,15-16H,1-5H2,(H,11,12)(H,13,14). The van der Waals surface area contributed by atoms with Crippen LogP contribution >= 0.6 is 0 Å². The van der Waals surface area contributed by atoms with Gasteiger partial charge in [0.05, 0.1) is 26.2 Å². The highest BCUT2D eigenvalue weighted by molar-refractivity contribution is 5.69. The van der Waals surface area contributed by atoms with E-state index in [2.05, 4.69) is 9.78 Å². The quantitative estimate of drug-likeness (QED) is 0.201. The summed E-state index contributed by atoms with van der Waals surface area (Å²) in [6, 6.07) is 0. The molecule has 2 atom stereocenters. The van der Waals surface area contributed by atoms with Gasteiger partial charge in [0.2, 0.25) is 0 Å². The zero-order chi connectivity index (χ0) is 14.7. The maximum Gasteiger partial charge on any atom is 0.406 e. The van der Waals surface area contributed by atoms with Crippen LogP contribution in [0, 0.1) is 5.92 Å². The summed E-state index contributed by atoms with van der Waals surface area (Å²) in [4.78, 5) is 28.7. The van der Waals surface area contributed by atoms with Gasteiger partial charge >= 0.3 is 12.1 Å². The van der Waals surface area contributed by atoms with Crippen LogP contribution in [-0.4, -0.2) is 58.8 Å². The van der Waals surface area contributed by atoms with E-state index in [1.54, 1.807) is 0 Å². The molecule has 112 valence electrons. The lowest BCUT2D eigenvalue weighted by molar-refractivity contribution is -0.265. The first-order valence-corrected chi connectivity index (χ1v) is 5.35. The van der Waals surface area contributed by atoms with Crippen molar-refractivity contribution in [3.8, 4) is 0 Å². The molecule has 0 aliphatic rings. The molecule has 0 radical (unpaired) electrons. The summed E-state index contributed by atoms with van der Waals surface area (Å²) < 4.78 is 5.07. The maximum absolute atomic E-state index is 10.5. The maximum atomic E-state index is 10.5. The molecular formula is C9H17NO9. The summed E-state index contributed by atoms with van der Waals surface area (Å²) in [6.45, 7) is -0.244. The summed E-state index contributed by atoms with van der Waals surface area (Å²) in [5.74, 6) is -1.63. The van der Waals surface area contributed by atoms with E-state index >= 15 is 0 Å². The fourth-order valence-corrected chi connectivity index (χ4v) is 1.24. The number of ether oxygens (including phenoxy) is 1. The van der Waals surface area contributed by atoms with Crippen molar-refractivity contribution in [2.45, 2.75) is 19.1 Å². The average Bonchev–Trinajstić information content (AvgIpc) is 2.31. The van der Waals surface area contributed by atoms with Gasteiger partial charge in [0.25, 0.3) is 0 Å². The number of amides is 1. The largest absolute Gasteiger partial charge is 0.481 e. The zero-order valence-electron chi connectivity index (χ0n) is 10.0. The molecule has 0 aliphatic carbocycles. The minimum absolute atomic E-state index is 0.0344. The summed E-state index contributed by atoms with van der Waals surface area (Å²) in [5.41, 5.74) is 0. The Morgan fingerprint density at radius 2 is 1.79 bits per heavy atom. The molecule has 2 unspecified atom stereocenters. The van der Waals surface area contributed by atoms with Crippen LogP contribution in [-0.2, 0) is 19.3 Å². The molecule has 0 bridgehead atoms. The Kier molecular flexibility index (Phi) is 9.66. The smallest absolute Gasteiger partial charge is 0.406 e. The molecule has 10 heteroatoms. The Labute approximate surface area is 108 Å². The van der Waals surface area contributed by atoms with Crippen LogP contribution in [0.15, 0.2) is 0 Å². The molecule has 10 nitrogen and oxygen atoms in total. The van der Waals surface area contributed by atoms with Gasteiger partial charge in [-0.1, -0.05) is 0 Å². The second-order valence-electron chi connectivity index (χ2n) is 3.65. The van der Waals surface area contributed by atoms with Gasteiger partial charge in [0, 0.05) is 5.92 Å². The number of rotatable bonds is 11. The van der Waals surface area contributed by atoms with Crippen LogP contribution in [0.2, 0.25) is 0 Å². The van der Waals surface area contributed by atoms with E-state index in [0.29, 0.717) is 0 Å². The van der Waals surface area contributed by atoms with Gasteiger partial charge < -0.3 is 14.9 Å². The van der Waals surface area contributed by atoms with E-state index in [-0.39, 0.29) is 26.2 Å². The van der Waals surface area contributed by atoms with Crippen LogP contribution in [0.5, 0.6) is 0 Å². The van der Waals surface area contributed by atoms with Crippen LogP contribution in [0.1, 0.15) is 12.8 Å². The lowest BCUT2D eigenvalue weighted by atomic mass is 10.1. The van der Waals surface area contributed by atoms with Crippen LogP contribution in [0.4, 0.5) is 4.79 Å². The normalized spacial score (nSPS) is 13.8. The fraction of sp³-hybridized carbons (Fsp3) is 0.778. The third kappa shape index (κ3) is 10.2. The topological polar surface area (TPSA) is 155 Å². The van der Waals surface area contributed by atoms with Crippen molar-refractivity contribution in [2.24, 2.45) is 5.92 Å². The molecular weight excluding hydrogens is 266 g/mol. The highest BCUT2D eigenvalue weighted by Gasteiger charge is 2.19. The number of aliphatic carboxylic acids is 1. The number of carboxylic acids is 1. The Hall–Kier alpha value is -1.46. The van der Waals surface area contributed by atoms with E-state index in [9.17, 15) is 9.59 Å². The third-order valence-corrected chi connectivity index (χ3v) is 2.11. The van der Waals surface area contributed by atoms with Crippen molar-refractivity contribution in [1.82, 2.24) is 5.32 Å². The molecule has 0 aliphatic heterocycles. The van der Waals surface area contributed by atoms with Gasteiger partial charge in [-0.2, -0.15) is 0 Å². The second-order valence-corrected chi connectivity index (χ2v) is 3.65. The highest BCUT2D eigenvalue weighted by atomic mass is 17.1. The predicted molar refractivity (Wildman–Crippen MR) is 58.4 cm³/mol. The second kappa shape index (κ2) is 10.5. The third-order valence-electron chi connectivity index (χ3n) is 2.11. The molecule has 0 aromatic carbocycles. The van der Waals surface area contributed by atoms with Crippen molar-refractivity contribution in [3.63, 3.8) is 0 Å². The van der Waals surface area contributed by atoms with E-state index in [4.69, 9.17) is 25.5 Å². The van der Waals surface area contributed by atoms with Crippen molar-refractivity contribution in [3.05, 3.63) is 0 Å². The first-order valence-electron chi connectivity index (χ1n) is 5.35. The SMILES string of the molecule is O=C(O)CC(NC(=O)O)OCC(CCOO)COO. The summed E-state index contributed by atoms with van der Waals surface area (Å²) in [6.07, 6.45) is -2.91. The summed E-state index contributed by atoms with van der Waals surface area (Å²) in [7, 11) is 0. The monoisotopic (exact) mass is 283 g/mol. The molecule has 0 aromatic rings. The summed E-state index contributed by atoms with van der Waals surface area (Å²) in [5, 5.41) is 35.5. The Morgan fingerprint density at radius 1 is 1.11 bits per heavy atom. The first kappa shape index (κ1) is 17.5. The molecule has 0 fully saturated rings. The van der Waals surface area contributed by atoms with Crippen LogP contribution < -0.4 is 5.32 Å². The molecule has 0 saturated carbocycles. The van der Waals surface area contributed by atoms with Gasteiger partial charge in [-0.25, -0.2) is 14.6 Å². The Morgan fingerprint density at radius 3 is 2.26 bits per heavy atom. The van der Waals surface area contributed by atoms with Gasteiger partial charge in [0.1, 0.15) is 6.23 Å². The van der Waals surface area contributed by atoms with Gasteiger partial charge in [-0.3, -0.25) is 20.6 Å². The first-order chi connectivity index (χ1) is 8.99. The molecule has 5 N–H and O–H groups in total. The Balaban J connectivity index is 4.22. The predicted octanol–water partition coefficient (Wildman–Crippen LogP) is 0.0569. The van der Waals surface area contributed by atoms with E-state index < -0.39 is 30.6 Å². The summed E-state index contributed by atoms with van der Waals surface area (Å²) >= 11 is 0. The fourth-order valence-electron chi connectivity index (χ4n) is 1.24. The van der Waals surface area contributed by atoms with Crippen LogP contribution in [0.25, 0.3) is 0 Å². The zero-order valence-corrected chi connectivity index (χ0v) is 10.0. The van der Waals surface area contributed by atoms with Crippen molar-refractivity contribution in [2.75, 3.05) is 19.8 Å². The number of carboxylic acid groups (broad SMARTS) is 2. The van der Waals surface area contributed by atoms with Crippen molar-refractivity contribution < 1.29 is 44.8 Å². The van der Waals surface area contributed by atoms with Crippen LogP contribution in [0.3, 0.4) is 0 Å². The molecule has 0 aromatic heterocycles. The average molecular weight is 283 g/mol.